The van der Waals surface area contributed by atoms with Gasteiger partial charge in [0.05, 0.1) is 17.1 Å². The molecule has 1 N–H and O–H groups in total. The molecule has 0 atom stereocenters. The van der Waals surface area contributed by atoms with Crippen molar-refractivity contribution in [3.63, 3.8) is 0 Å². The summed E-state index contributed by atoms with van der Waals surface area (Å²) in [5, 5.41) is 9.04. The van der Waals surface area contributed by atoms with Crippen molar-refractivity contribution >= 4 is 37.8 Å². The van der Waals surface area contributed by atoms with Gasteiger partial charge in [-0.15, -0.1) is 0 Å². The van der Waals surface area contributed by atoms with Gasteiger partial charge in [0.1, 0.15) is 6.61 Å². The van der Waals surface area contributed by atoms with Crippen molar-refractivity contribution in [2.24, 2.45) is 0 Å². The van der Waals surface area contributed by atoms with Crippen LogP contribution in [-0.4, -0.2) is 18.2 Å². The number of benzene rings is 2. The fraction of sp³-hybridized carbons (Fsp3) is 0.133. The number of hydrogen-bond acceptors (Lipinski definition) is 3. The molecule has 4 nitrogen and oxygen atoms in total. The summed E-state index contributed by atoms with van der Waals surface area (Å²) < 4.78 is 12.5. The Labute approximate surface area is 139 Å². The van der Waals surface area contributed by atoms with Crippen LogP contribution < -0.4 is 9.47 Å². The van der Waals surface area contributed by atoms with Gasteiger partial charge in [-0.05, 0) is 45.8 Å². The summed E-state index contributed by atoms with van der Waals surface area (Å²) >= 11 is 6.72. The van der Waals surface area contributed by atoms with E-state index in [4.69, 9.17) is 14.6 Å². The van der Waals surface area contributed by atoms with E-state index in [0.29, 0.717) is 22.6 Å². The van der Waals surface area contributed by atoms with E-state index in [9.17, 15) is 4.79 Å². The van der Waals surface area contributed by atoms with Crippen molar-refractivity contribution in [1.82, 2.24) is 0 Å². The number of carbonyl (C=O) groups is 1. The first-order chi connectivity index (χ1) is 10.0. The molecule has 0 radical (unpaired) electrons. The van der Waals surface area contributed by atoms with E-state index in [1.54, 1.807) is 0 Å². The summed E-state index contributed by atoms with van der Waals surface area (Å²) in [5.74, 6) is -0.174. The molecule has 110 valence electrons. The van der Waals surface area contributed by atoms with Gasteiger partial charge < -0.3 is 14.6 Å². The van der Waals surface area contributed by atoms with Crippen LogP contribution in [0, 0.1) is 0 Å². The zero-order valence-corrected chi connectivity index (χ0v) is 14.3. The lowest BCUT2D eigenvalue weighted by molar-refractivity contribution is 0.0696. The third-order valence-corrected chi connectivity index (χ3v) is 3.83. The number of carboxylic acids is 1. The van der Waals surface area contributed by atoms with Crippen molar-refractivity contribution in [2.45, 2.75) is 6.61 Å². The minimum atomic E-state index is -1.02. The quantitative estimate of drug-likeness (QED) is 0.781. The fourth-order valence-electron chi connectivity index (χ4n) is 1.77. The Balaban J connectivity index is 2.25. The van der Waals surface area contributed by atoms with E-state index >= 15 is 0 Å². The Kier molecular flexibility index (Phi) is 5.25. The van der Waals surface area contributed by atoms with Gasteiger partial charge >= 0.3 is 5.97 Å². The van der Waals surface area contributed by atoms with Gasteiger partial charge in [0, 0.05) is 4.47 Å². The minimum absolute atomic E-state index is 0.133. The van der Waals surface area contributed by atoms with Crippen LogP contribution in [0.5, 0.6) is 11.5 Å². The van der Waals surface area contributed by atoms with Crippen molar-refractivity contribution in [3.8, 4) is 11.5 Å². The minimum Gasteiger partial charge on any atom is -0.493 e. The van der Waals surface area contributed by atoms with E-state index in [1.807, 2.05) is 24.3 Å². The number of carboxylic acid groups (broad SMARTS) is 1. The van der Waals surface area contributed by atoms with Crippen molar-refractivity contribution in [3.05, 3.63) is 56.5 Å². The average molecular weight is 416 g/mol. The Bertz CT molecular complexity index is 671. The van der Waals surface area contributed by atoms with Crippen LogP contribution in [0.1, 0.15) is 15.9 Å². The van der Waals surface area contributed by atoms with E-state index in [2.05, 4.69) is 31.9 Å². The zero-order chi connectivity index (χ0) is 15.4. The van der Waals surface area contributed by atoms with E-state index < -0.39 is 5.97 Å². The molecule has 0 saturated heterocycles. The molecule has 6 heteroatoms. The summed E-state index contributed by atoms with van der Waals surface area (Å²) in [6.07, 6.45) is 0. The van der Waals surface area contributed by atoms with Gasteiger partial charge in [-0.1, -0.05) is 28.1 Å². The first kappa shape index (κ1) is 15.9. The van der Waals surface area contributed by atoms with E-state index in [1.165, 1.54) is 19.2 Å². The summed E-state index contributed by atoms with van der Waals surface area (Å²) in [6.45, 7) is 0.348. The lowest BCUT2D eigenvalue weighted by Crippen LogP contribution is -2.02. The molecule has 0 heterocycles. The monoisotopic (exact) mass is 414 g/mol. The second kappa shape index (κ2) is 6.95. The van der Waals surface area contributed by atoms with Gasteiger partial charge in [0.15, 0.2) is 11.5 Å². The summed E-state index contributed by atoms with van der Waals surface area (Å²) in [5.41, 5.74) is 1.12. The normalized spacial score (nSPS) is 10.2. The maximum absolute atomic E-state index is 11.0. The third-order valence-electron chi connectivity index (χ3n) is 2.75. The molecule has 0 aliphatic rings. The van der Waals surface area contributed by atoms with Crippen LogP contribution in [0.3, 0.4) is 0 Å². The van der Waals surface area contributed by atoms with E-state index in [0.717, 1.165) is 10.0 Å². The number of rotatable bonds is 5. The molecular formula is C15H12Br2O4. The molecule has 0 fully saturated rings. The van der Waals surface area contributed by atoms with E-state index in [-0.39, 0.29) is 5.56 Å². The van der Waals surface area contributed by atoms with Gasteiger partial charge in [-0.25, -0.2) is 4.79 Å². The van der Waals surface area contributed by atoms with Crippen molar-refractivity contribution < 1.29 is 19.4 Å². The number of methoxy groups -OCH3 is 1. The summed E-state index contributed by atoms with van der Waals surface area (Å²) in [7, 11) is 1.47. The maximum Gasteiger partial charge on any atom is 0.335 e. The van der Waals surface area contributed by atoms with Crippen molar-refractivity contribution in [1.29, 1.82) is 0 Å². The highest BCUT2D eigenvalue weighted by Gasteiger charge is 2.15. The average Bonchev–Trinajstić information content (AvgIpc) is 2.45. The number of aromatic carboxylic acids is 1. The second-order valence-corrected chi connectivity index (χ2v) is 5.98. The number of ether oxygens (including phenoxy) is 2. The van der Waals surface area contributed by atoms with Gasteiger partial charge in [0.2, 0.25) is 0 Å². The lowest BCUT2D eigenvalue weighted by Gasteiger charge is -2.13. The molecule has 0 saturated carbocycles. The molecule has 2 aromatic carbocycles. The number of hydrogen-bond donors (Lipinski definition) is 1. The van der Waals surface area contributed by atoms with Crippen LogP contribution in [0.2, 0.25) is 0 Å². The fourth-order valence-corrected chi connectivity index (χ4v) is 2.77. The molecule has 2 rings (SSSR count). The third kappa shape index (κ3) is 3.98. The summed E-state index contributed by atoms with van der Waals surface area (Å²) in [6, 6.07) is 10.7. The highest BCUT2D eigenvalue weighted by atomic mass is 79.9. The standard InChI is InChI=1S/C15H12Br2O4/c1-20-13-7-10(15(18)19)6-12(17)14(13)21-8-9-3-2-4-11(16)5-9/h2-7H,8H2,1H3,(H,18,19). The van der Waals surface area contributed by atoms with Crippen LogP contribution in [0.4, 0.5) is 0 Å². The molecule has 0 spiro atoms. The molecule has 0 unspecified atom stereocenters. The molecule has 0 aliphatic heterocycles. The number of halogens is 2. The molecule has 0 amide bonds. The Hall–Kier alpha value is -1.53. The van der Waals surface area contributed by atoms with Crippen LogP contribution in [-0.2, 0) is 6.61 Å². The highest BCUT2D eigenvalue weighted by molar-refractivity contribution is 9.10. The Morgan fingerprint density at radius 1 is 1.24 bits per heavy atom. The van der Waals surface area contributed by atoms with Crippen LogP contribution in [0.25, 0.3) is 0 Å². The Morgan fingerprint density at radius 2 is 2.00 bits per heavy atom. The lowest BCUT2D eigenvalue weighted by atomic mass is 10.2. The first-order valence-corrected chi connectivity index (χ1v) is 7.58. The maximum atomic E-state index is 11.0. The topological polar surface area (TPSA) is 55.8 Å². The van der Waals surface area contributed by atoms with Crippen LogP contribution in [0.15, 0.2) is 45.3 Å². The highest BCUT2D eigenvalue weighted by Crippen LogP contribution is 2.37. The SMILES string of the molecule is COc1cc(C(=O)O)cc(Br)c1OCc1cccc(Br)c1. The molecule has 2 aromatic rings. The second-order valence-electron chi connectivity index (χ2n) is 4.21. The predicted molar refractivity (Wildman–Crippen MR) is 86.1 cm³/mol. The van der Waals surface area contributed by atoms with Gasteiger partial charge in [-0.3, -0.25) is 0 Å². The molecule has 0 aromatic heterocycles. The molecule has 0 bridgehead atoms. The van der Waals surface area contributed by atoms with Gasteiger partial charge in [-0.2, -0.15) is 0 Å². The Morgan fingerprint density at radius 3 is 2.62 bits per heavy atom. The smallest absolute Gasteiger partial charge is 0.335 e. The molecular weight excluding hydrogens is 404 g/mol. The largest absolute Gasteiger partial charge is 0.493 e. The van der Waals surface area contributed by atoms with Crippen LogP contribution >= 0.6 is 31.9 Å². The molecule has 0 aliphatic carbocycles. The predicted octanol–water partition coefficient (Wildman–Crippen LogP) is 4.50. The van der Waals surface area contributed by atoms with Crippen molar-refractivity contribution in [2.75, 3.05) is 7.11 Å². The first-order valence-electron chi connectivity index (χ1n) is 5.99. The molecule has 21 heavy (non-hydrogen) atoms. The zero-order valence-electron chi connectivity index (χ0n) is 11.1. The van der Waals surface area contributed by atoms with Gasteiger partial charge in [0.25, 0.3) is 0 Å². The summed E-state index contributed by atoms with van der Waals surface area (Å²) in [4.78, 5) is 11.0.